The van der Waals surface area contributed by atoms with Crippen molar-refractivity contribution in [3.8, 4) is 0 Å². The Hall–Kier alpha value is -0.0800. The Morgan fingerprint density at radius 3 is 2.36 bits per heavy atom. The van der Waals surface area contributed by atoms with Gasteiger partial charge in [0.15, 0.2) is 0 Å². The highest BCUT2D eigenvalue weighted by Crippen LogP contribution is 2.23. The molecule has 0 spiro atoms. The second-order valence-electron chi connectivity index (χ2n) is 4.24. The first-order valence-corrected chi connectivity index (χ1v) is 4.30. The van der Waals surface area contributed by atoms with E-state index in [0.29, 0.717) is 12.1 Å². The van der Waals surface area contributed by atoms with E-state index in [2.05, 4.69) is 39.6 Å². The second-order valence-corrected chi connectivity index (χ2v) is 4.24. The third-order valence-corrected chi connectivity index (χ3v) is 2.51. The van der Waals surface area contributed by atoms with Crippen LogP contribution >= 0.6 is 0 Å². The van der Waals surface area contributed by atoms with Gasteiger partial charge in [0.1, 0.15) is 0 Å². The van der Waals surface area contributed by atoms with Crippen molar-refractivity contribution in [2.75, 3.05) is 13.6 Å². The van der Waals surface area contributed by atoms with E-state index in [4.69, 9.17) is 4.74 Å². The van der Waals surface area contributed by atoms with Crippen LogP contribution in [0.25, 0.3) is 0 Å². The molecule has 1 fully saturated rings. The maximum absolute atomic E-state index is 5.81. The normalized spacial score (nSPS) is 39.0. The van der Waals surface area contributed by atoms with Crippen molar-refractivity contribution in [3.63, 3.8) is 0 Å². The molecule has 0 aromatic carbocycles. The second kappa shape index (κ2) is 2.76. The molecule has 1 rings (SSSR count). The monoisotopic (exact) mass is 157 g/mol. The van der Waals surface area contributed by atoms with Crippen molar-refractivity contribution in [1.82, 2.24) is 4.90 Å². The largest absolute Gasteiger partial charge is 0.370 e. The molecule has 0 aromatic rings. The van der Waals surface area contributed by atoms with E-state index >= 15 is 0 Å². The van der Waals surface area contributed by atoms with Crippen LogP contribution in [-0.2, 0) is 4.74 Å². The number of hydrogen-bond acceptors (Lipinski definition) is 2. The molecule has 0 bridgehead atoms. The molecule has 2 atom stereocenters. The molecule has 0 aromatic heterocycles. The van der Waals surface area contributed by atoms with Crippen LogP contribution in [0.5, 0.6) is 0 Å². The number of morpholine rings is 1. The van der Waals surface area contributed by atoms with Crippen LogP contribution < -0.4 is 0 Å². The zero-order valence-electron chi connectivity index (χ0n) is 8.22. The first-order valence-electron chi connectivity index (χ1n) is 4.30. The maximum atomic E-state index is 5.81. The number of likely N-dealkylation sites (N-methyl/N-ethyl adjacent to an activating group) is 1. The summed E-state index contributed by atoms with van der Waals surface area (Å²) in [5, 5.41) is 0. The summed E-state index contributed by atoms with van der Waals surface area (Å²) in [5.74, 6) is 0. The zero-order chi connectivity index (χ0) is 8.65. The van der Waals surface area contributed by atoms with Gasteiger partial charge in [-0.15, -0.1) is 0 Å². The van der Waals surface area contributed by atoms with Crippen LogP contribution in [0.15, 0.2) is 0 Å². The van der Waals surface area contributed by atoms with Crippen molar-refractivity contribution in [2.45, 2.75) is 45.4 Å². The van der Waals surface area contributed by atoms with Crippen molar-refractivity contribution in [2.24, 2.45) is 0 Å². The minimum atomic E-state index is 0.0284. The molecule has 0 N–H and O–H groups in total. The summed E-state index contributed by atoms with van der Waals surface area (Å²) in [6, 6.07) is 0.544. The lowest BCUT2D eigenvalue weighted by Crippen LogP contribution is -2.55. The molecular formula is C9H19NO. The molecule has 1 saturated heterocycles. The summed E-state index contributed by atoms with van der Waals surface area (Å²) in [7, 11) is 2.16. The molecule has 0 amide bonds. The lowest BCUT2D eigenvalue weighted by atomic mass is 10.0. The zero-order valence-corrected chi connectivity index (χ0v) is 8.22. The van der Waals surface area contributed by atoms with Crippen molar-refractivity contribution in [3.05, 3.63) is 0 Å². The smallest absolute Gasteiger partial charge is 0.0757 e. The van der Waals surface area contributed by atoms with Crippen LogP contribution in [-0.4, -0.2) is 36.2 Å². The first kappa shape index (κ1) is 9.01. The van der Waals surface area contributed by atoms with E-state index in [-0.39, 0.29) is 5.60 Å². The third kappa shape index (κ3) is 1.94. The Balaban J connectivity index is 2.62. The molecule has 11 heavy (non-hydrogen) atoms. The fraction of sp³-hybridized carbons (Fsp3) is 1.00. The van der Waals surface area contributed by atoms with Crippen LogP contribution in [0.3, 0.4) is 0 Å². The van der Waals surface area contributed by atoms with Gasteiger partial charge in [-0.2, -0.15) is 0 Å². The van der Waals surface area contributed by atoms with Gasteiger partial charge in [-0.05, 0) is 34.7 Å². The fourth-order valence-electron chi connectivity index (χ4n) is 1.74. The molecule has 2 unspecified atom stereocenters. The van der Waals surface area contributed by atoms with Gasteiger partial charge in [0.2, 0.25) is 0 Å². The Morgan fingerprint density at radius 1 is 1.36 bits per heavy atom. The average molecular weight is 157 g/mol. The number of rotatable bonds is 0. The average Bonchev–Trinajstić information content (AvgIpc) is 1.81. The van der Waals surface area contributed by atoms with E-state index in [0.717, 1.165) is 6.54 Å². The van der Waals surface area contributed by atoms with Gasteiger partial charge in [0.05, 0.1) is 11.7 Å². The standard InChI is InChI=1S/C9H19NO/c1-7-8(2)11-9(3,4)6-10(7)5/h7-8H,6H2,1-5H3. The summed E-state index contributed by atoms with van der Waals surface area (Å²) in [6.07, 6.45) is 0.351. The fourth-order valence-corrected chi connectivity index (χ4v) is 1.74. The van der Waals surface area contributed by atoms with Crippen LogP contribution in [0.2, 0.25) is 0 Å². The third-order valence-electron chi connectivity index (χ3n) is 2.51. The van der Waals surface area contributed by atoms with E-state index in [1.807, 2.05) is 0 Å². The summed E-state index contributed by atoms with van der Waals surface area (Å²) in [4.78, 5) is 2.36. The predicted octanol–water partition coefficient (Wildman–Crippen LogP) is 1.50. The highest BCUT2D eigenvalue weighted by atomic mass is 16.5. The summed E-state index contributed by atoms with van der Waals surface area (Å²) in [6.45, 7) is 9.66. The Bertz CT molecular complexity index is 130. The molecule has 66 valence electrons. The molecular weight excluding hydrogens is 138 g/mol. The lowest BCUT2D eigenvalue weighted by Gasteiger charge is -2.44. The molecule has 0 saturated carbocycles. The topological polar surface area (TPSA) is 12.5 Å². The van der Waals surface area contributed by atoms with Crippen molar-refractivity contribution < 1.29 is 4.74 Å². The van der Waals surface area contributed by atoms with Crippen molar-refractivity contribution in [1.29, 1.82) is 0 Å². The van der Waals surface area contributed by atoms with Gasteiger partial charge in [-0.25, -0.2) is 0 Å². The molecule has 2 heteroatoms. The highest BCUT2D eigenvalue weighted by molar-refractivity contribution is 4.85. The maximum Gasteiger partial charge on any atom is 0.0757 e. The van der Waals surface area contributed by atoms with Gasteiger partial charge >= 0.3 is 0 Å². The van der Waals surface area contributed by atoms with E-state index in [1.165, 1.54) is 0 Å². The van der Waals surface area contributed by atoms with Crippen LogP contribution in [0.4, 0.5) is 0 Å². The van der Waals surface area contributed by atoms with Gasteiger partial charge in [-0.3, -0.25) is 4.90 Å². The molecule has 1 aliphatic rings. The number of hydrogen-bond donors (Lipinski definition) is 0. The van der Waals surface area contributed by atoms with E-state index in [9.17, 15) is 0 Å². The molecule has 2 nitrogen and oxygen atoms in total. The van der Waals surface area contributed by atoms with Crippen LogP contribution in [0.1, 0.15) is 27.7 Å². The van der Waals surface area contributed by atoms with Crippen molar-refractivity contribution >= 4 is 0 Å². The highest BCUT2D eigenvalue weighted by Gasteiger charge is 2.33. The summed E-state index contributed by atoms with van der Waals surface area (Å²) in [5.41, 5.74) is 0.0284. The van der Waals surface area contributed by atoms with Gasteiger partial charge in [0, 0.05) is 12.6 Å². The van der Waals surface area contributed by atoms with E-state index < -0.39 is 0 Å². The summed E-state index contributed by atoms with van der Waals surface area (Å²) < 4.78 is 5.81. The minimum absolute atomic E-state index is 0.0284. The molecule has 1 heterocycles. The van der Waals surface area contributed by atoms with E-state index in [1.54, 1.807) is 0 Å². The first-order chi connectivity index (χ1) is 4.92. The van der Waals surface area contributed by atoms with Gasteiger partial charge in [0.25, 0.3) is 0 Å². The molecule has 0 radical (unpaired) electrons. The van der Waals surface area contributed by atoms with Gasteiger partial charge < -0.3 is 4.74 Å². The summed E-state index contributed by atoms with van der Waals surface area (Å²) >= 11 is 0. The lowest BCUT2D eigenvalue weighted by molar-refractivity contribution is -0.146. The SMILES string of the molecule is CC1OC(C)(C)CN(C)C1C. The molecule has 0 aliphatic carbocycles. The Labute approximate surface area is 69.5 Å². The minimum Gasteiger partial charge on any atom is -0.370 e. The number of ether oxygens (including phenoxy) is 1. The van der Waals surface area contributed by atoms with Gasteiger partial charge in [-0.1, -0.05) is 0 Å². The number of nitrogens with zero attached hydrogens (tertiary/aromatic N) is 1. The molecule has 1 aliphatic heterocycles. The Kier molecular flexibility index (Phi) is 2.26. The Morgan fingerprint density at radius 2 is 1.91 bits per heavy atom. The predicted molar refractivity (Wildman–Crippen MR) is 46.7 cm³/mol. The quantitative estimate of drug-likeness (QED) is 0.528. The van der Waals surface area contributed by atoms with Crippen LogP contribution in [0, 0.1) is 0 Å².